The van der Waals surface area contributed by atoms with E-state index in [0.717, 1.165) is 0 Å². The highest BCUT2D eigenvalue weighted by Crippen LogP contribution is 2.52. The van der Waals surface area contributed by atoms with Gasteiger partial charge in [-0.15, -0.1) is 0 Å². The molecule has 12 aromatic rings. The van der Waals surface area contributed by atoms with Crippen molar-refractivity contribution in [2.24, 2.45) is 0 Å². The number of benzene rings is 3. The number of nitrogens with zero attached hydrogens (tertiary/aromatic N) is 18. The zero-order valence-electron chi connectivity index (χ0n) is 78.0. The van der Waals surface area contributed by atoms with Crippen molar-refractivity contribution in [3.05, 3.63) is 255 Å². The molecule has 12 heterocycles. The molecule has 3 fully saturated rings. The Labute approximate surface area is 849 Å². The zero-order chi connectivity index (χ0) is 104. The Morgan fingerprint density at radius 3 is 0.787 bits per heavy atom. The summed E-state index contributed by atoms with van der Waals surface area (Å²) in [7, 11) is 0. The molecule has 3 aliphatic heterocycles. The van der Waals surface area contributed by atoms with Crippen molar-refractivity contribution in [3.8, 4) is 86.3 Å². The van der Waals surface area contributed by atoms with E-state index in [1.54, 1.807) is 72.3 Å². The van der Waals surface area contributed by atoms with Crippen molar-refractivity contribution in [2.75, 3.05) is 54.0 Å². The van der Waals surface area contributed by atoms with Gasteiger partial charge in [0.25, 0.3) is 16.7 Å². The molecule has 27 nitrogen and oxygen atoms in total. The van der Waals surface area contributed by atoms with Gasteiger partial charge < -0.3 is 44.7 Å². The molecule has 3 aliphatic rings. The maximum atomic E-state index is 14.8. The molecule has 141 heavy (non-hydrogen) atoms. The van der Waals surface area contributed by atoms with E-state index in [1.807, 2.05) is 97.8 Å². The molecule has 0 unspecified atom stereocenters. The number of phenols is 3. The number of anilines is 3. The van der Waals surface area contributed by atoms with Crippen LogP contribution in [0.3, 0.4) is 0 Å². The average molecular weight is 2110 g/mol. The first-order chi connectivity index (χ1) is 66.5. The number of nitriles is 3. The van der Waals surface area contributed by atoms with Crippen molar-refractivity contribution in [2.45, 2.75) is 158 Å². The number of amides is 3. The second-order valence-corrected chi connectivity index (χ2v) is 38.6. The SMILES string of the molecule is C=CC(=O)N1[C@H](C)CN(c2c(C#N)c(=O)n(-c3c(C)ccnc3C(C)C)c3nc(-c4c(O)c(F)c(F)c(Cl)c4Cl)c(Cl)cc23)C[C@@H]1C.C=CC(=O)N1[C@H](C)CN(c2c(C#N)c(=O)n(-c3c(C)ccnc3C(C)C)c3nc(-c4c(O)c(F)c(F)c(Cl)c4Cl)c(Cl)cc23)C[C@@H]1C.C=CC(=O)N1[C@H](C)CN(c2c(C#N)c(=O)n(-c3c(C)ccnc3C(C)C)c3nc(-c4c(O)c(F)c(F)c(Cl)c4Cl)c(Cl)cc23)C[C@@H]1C. The molecule has 3 amide bonds. The predicted octanol–water partition coefficient (Wildman–Crippen LogP) is 21.9. The third-order valence-corrected chi connectivity index (χ3v) is 28.1. The topological polar surface area (TPSA) is 346 Å². The van der Waals surface area contributed by atoms with E-state index in [9.17, 15) is 86.2 Å². The summed E-state index contributed by atoms with van der Waals surface area (Å²) >= 11 is 57.2. The highest BCUT2D eigenvalue weighted by atomic mass is 35.5. The summed E-state index contributed by atoms with van der Waals surface area (Å²) in [4.78, 5) is 120. The number of hydrogen-bond donors (Lipinski definition) is 3. The Morgan fingerprint density at radius 1 is 0.383 bits per heavy atom. The number of piperazine rings is 3. The van der Waals surface area contributed by atoms with Crippen molar-refractivity contribution in [1.29, 1.82) is 15.8 Å². The summed E-state index contributed by atoms with van der Waals surface area (Å²) in [5.41, 5.74) is 0.0440. The van der Waals surface area contributed by atoms with Crippen molar-refractivity contribution >= 4 is 172 Å². The quantitative estimate of drug-likeness (QED) is 0.0371. The molecule has 6 atom stereocenters. The van der Waals surface area contributed by atoms with Crippen LogP contribution in [0.5, 0.6) is 17.2 Å². The van der Waals surface area contributed by atoms with Gasteiger partial charge in [0.05, 0.1) is 130 Å². The third kappa shape index (κ3) is 18.4. The van der Waals surface area contributed by atoms with Crippen molar-refractivity contribution < 1.29 is 56.0 Å². The van der Waals surface area contributed by atoms with Gasteiger partial charge in [0.2, 0.25) is 35.2 Å². The number of aryl methyl sites for hydroxylation is 3. The Hall–Kier alpha value is -12.7. The van der Waals surface area contributed by atoms with Crippen LogP contribution < -0.4 is 31.4 Å². The van der Waals surface area contributed by atoms with Crippen molar-refractivity contribution in [3.63, 3.8) is 0 Å². The Morgan fingerprint density at radius 2 is 0.596 bits per heavy atom. The highest BCUT2D eigenvalue weighted by Gasteiger charge is 2.42. The molecule has 3 aromatic carbocycles. The van der Waals surface area contributed by atoms with E-state index in [2.05, 4.69) is 67.8 Å². The number of phenolic OH excluding ortho intramolecular Hbond substituents is 3. The van der Waals surface area contributed by atoms with Gasteiger partial charge in [0.1, 0.15) is 51.8 Å². The van der Waals surface area contributed by atoms with E-state index in [-0.39, 0.29) is 210 Å². The van der Waals surface area contributed by atoms with Gasteiger partial charge in [0.15, 0.2) is 34.7 Å². The molecule has 0 bridgehead atoms. The first-order valence-electron chi connectivity index (χ1n) is 43.7. The fourth-order valence-corrected chi connectivity index (χ4v) is 20.8. The average Bonchev–Trinajstić information content (AvgIpc) is 0.725. The Bertz CT molecular complexity index is 6870. The van der Waals surface area contributed by atoms with Crippen LogP contribution in [0.2, 0.25) is 45.2 Å². The largest absolute Gasteiger partial charge is 0.504 e. The van der Waals surface area contributed by atoms with Crippen molar-refractivity contribution in [1.82, 2.24) is 58.3 Å². The molecule has 9 aromatic heterocycles. The van der Waals surface area contributed by atoms with Crippen LogP contribution in [-0.4, -0.2) is 167 Å². The maximum absolute atomic E-state index is 14.8. The number of hydrogen-bond acceptors (Lipinski definition) is 21. The summed E-state index contributed by atoms with van der Waals surface area (Å²) in [5, 5.41) is 59.8. The van der Waals surface area contributed by atoms with Crippen LogP contribution in [0.25, 0.3) is 83.9 Å². The standard InChI is InChI=1S/3C33H29Cl3F2N6O3/c3*1-7-21(45)43-16(5)12-42(13-17(43)6)30-18-10-20(34)28(22-23(35)24(36)25(37)26(38)31(22)46)41-32(18)44(33(47)19(30)11-39)29-15(4)8-9-40-27(29)14(2)3/h3*7-10,14,16-17,46H,1,12-13H2,2-6H3/t3*16-,17+. The molecule has 15 rings (SSSR count). The van der Waals surface area contributed by atoms with Gasteiger partial charge in [-0.05, 0) is 151 Å². The van der Waals surface area contributed by atoms with Crippen LogP contribution in [0.1, 0.15) is 151 Å². The first kappa shape index (κ1) is 106. The molecule has 3 N–H and O–H groups in total. The zero-order valence-corrected chi connectivity index (χ0v) is 84.8. The fourth-order valence-electron chi connectivity index (χ4n) is 18.7. The molecular weight excluding hydrogens is 2020 g/mol. The number of carbonyl (C=O) groups is 3. The normalized spacial score (nSPS) is 16.6. The molecule has 0 spiro atoms. The highest BCUT2D eigenvalue weighted by molar-refractivity contribution is 6.46. The smallest absolute Gasteiger partial charge is 0.276 e. The number of fused-ring (bicyclic) bond motifs is 3. The lowest BCUT2D eigenvalue weighted by Crippen LogP contribution is -2.58. The summed E-state index contributed by atoms with van der Waals surface area (Å²) in [6.07, 6.45) is 8.51. The van der Waals surface area contributed by atoms with Crippen LogP contribution in [0, 0.1) is 89.7 Å². The van der Waals surface area contributed by atoms with E-state index in [1.165, 1.54) is 50.1 Å². The second-order valence-electron chi connectivity index (χ2n) is 35.1. The van der Waals surface area contributed by atoms with E-state index < -0.39 is 116 Å². The number of carbonyl (C=O) groups excluding carboxylic acids is 3. The van der Waals surface area contributed by atoms with E-state index in [0.29, 0.717) is 50.8 Å². The molecule has 42 heteroatoms. The maximum Gasteiger partial charge on any atom is 0.276 e. The van der Waals surface area contributed by atoms with E-state index >= 15 is 0 Å². The van der Waals surface area contributed by atoms with Gasteiger partial charge in [-0.25, -0.2) is 28.1 Å². The Kier molecular flexibility index (Phi) is 31.0. The van der Waals surface area contributed by atoms with Gasteiger partial charge in [-0.3, -0.25) is 57.4 Å². The number of rotatable bonds is 15. The monoisotopic (exact) mass is 2100 g/mol. The van der Waals surface area contributed by atoms with Gasteiger partial charge in [-0.2, -0.15) is 29.0 Å². The second kappa shape index (κ2) is 41.5. The van der Waals surface area contributed by atoms with Gasteiger partial charge in [0, 0.05) is 110 Å². The minimum Gasteiger partial charge on any atom is -0.504 e. The molecule has 3 saturated heterocycles. The molecule has 0 aliphatic carbocycles. The fraction of sp³-hybridized carbons (Fsp3) is 0.303. The minimum absolute atomic E-state index is 0.0253. The van der Waals surface area contributed by atoms with Crippen LogP contribution >= 0.6 is 104 Å². The number of pyridine rings is 9. The lowest BCUT2D eigenvalue weighted by Gasteiger charge is -2.45. The summed E-state index contributed by atoms with van der Waals surface area (Å²) in [6, 6.07) is 13.6. The Balaban J connectivity index is 0.000000178. The summed E-state index contributed by atoms with van der Waals surface area (Å²) in [6.45, 7) is 40.0. The molecule has 0 saturated carbocycles. The minimum atomic E-state index is -1.66. The van der Waals surface area contributed by atoms with Crippen LogP contribution in [-0.2, 0) is 14.4 Å². The summed E-state index contributed by atoms with van der Waals surface area (Å²) < 4.78 is 91.2. The number of aromatic nitrogens is 9. The number of halogens is 15. The molecular formula is C99H87Cl9F6N18O9. The lowest BCUT2D eigenvalue weighted by atomic mass is 10.0. The lowest BCUT2D eigenvalue weighted by molar-refractivity contribution is -0.131. The first-order valence-corrected chi connectivity index (χ1v) is 47.1. The van der Waals surface area contributed by atoms with Gasteiger partial charge >= 0.3 is 0 Å². The van der Waals surface area contributed by atoms with E-state index in [4.69, 9.17) is 104 Å². The molecule has 732 valence electrons. The predicted molar refractivity (Wildman–Crippen MR) is 537 cm³/mol. The number of aromatic hydroxyl groups is 3. The third-order valence-electron chi connectivity index (χ3n) is 24.8. The van der Waals surface area contributed by atoms with Crippen LogP contribution in [0.15, 0.2) is 107 Å². The van der Waals surface area contributed by atoms with Gasteiger partial charge in [-0.1, -0.05) is 166 Å². The molecule has 0 radical (unpaired) electrons. The summed E-state index contributed by atoms with van der Waals surface area (Å²) in [5.74, 6) is -14.5. The van der Waals surface area contributed by atoms with Crippen LogP contribution in [0.4, 0.5) is 43.4 Å².